The van der Waals surface area contributed by atoms with Gasteiger partial charge in [-0.3, -0.25) is 0 Å². The number of hydrogen-bond donors (Lipinski definition) is 1. The average molecular weight is 294 g/mol. The van der Waals surface area contributed by atoms with E-state index in [9.17, 15) is 5.11 Å². The van der Waals surface area contributed by atoms with Crippen LogP contribution in [0.25, 0.3) is 0 Å². The number of unbranched alkanes of at least 4 members (excludes halogenated alkanes) is 1. The lowest BCUT2D eigenvalue weighted by atomic mass is 10.0. The fraction of sp³-hybridized carbons (Fsp3) is 0.667. The molecule has 3 heteroatoms. The molecule has 21 heavy (non-hydrogen) atoms. The molecule has 1 aromatic carbocycles. The maximum Gasteiger partial charge on any atom is 0.124 e. The summed E-state index contributed by atoms with van der Waals surface area (Å²) in [5.41, 5.74) is 1.90. The highest BCUT2D eigenvalue weighted by Gasteiger charge is 2.10. The van der Waals surface area contributed by atoms with Crippen LogP contribution in [-0.4, -0.2) is 18.8 Å². The van der Waals surface area contributed by atoms with Gasteiger partial charge in [0.15, 0.2) is 0 Å². The van der Waals surface area contributed by atoms with Crippen LogP contribution in [0.1, 0.15) is 63.7 Å². The van der Waals surface area contributed by atoms with Crippen molar-refractivity contribution in [3.63, 3.8) is 0 Å². The first-order valence-electron chi connectivity index (χ1n) is 8.04. The largest absolute Gasteiger partial charge is 0.496 e. The number of rotatable bonds is 10. The van der Waals surface area contributed by atoms with E-state index < -0.39 is 6.10 Å². The number of ether oxygens (including phenoxy) is 2. The lowest BCUT2D eigenvalue weighted by Gasteiger charge is -2.16. The second-order valence-electron chi connectivity index (χ2n) is 5.68. The van der Waals surface area contributed by atoms with Crippen molar-refractivity contribution in [1.82, 2.24) is 0 Å². The van der Waals surface area contributed by atoms with Crippen LogP contribution in [-0.2, 0) is 11.3 Å². The van der Waals surface area contributed by atoms with Crippen LogP contribution in [0.5, 0.6) is 5.75 Å². The molecule has 0 aliphatic carbocycles. The summed E-state index contributed by atoms with van der Waals surface area (Å²) >= 11 is 0. The molecule has 3 nitrogen and oxygen atoms in total. The van der Waals surface area contributed by atoms with Crippen molar-refractivity contribution in [2.24, 2.45) is 5.92 Å². The van der Waals surface area contributed by atoms with E-state index in [0.29, 0.717) is 12.5 Å². The molecule has 2 unspecified atom stereocenters. The highest BCUT2D eigenvalue weighted by atomic mass is 16.5. The number of methoxy groups -OCH3 is 1. The van der Waals surface area contributed by atoms with Crippen LogP contribution in [0.2, 0.25) is 0 Å². The van der Waals surface area contributed by atoms with Crippen molar-refractivity contribution >= 4 is 0 Å². The van der Waals surface area contributed by atoms with E-state index in [4.69, 9.17) is 9.47 Å². The molecule has 0 bridgehead atoms. The molecule has 0 aliphatic rings. The average Bonchev–Trinajstić information content (AvgIpc) is 2.50. The summed E-state index contributed by atoms with van der Waals surface area (Å²) in [5, 5.41) is 9.68. The van der Waals surface area contributed by atoms with E-state index in [1.165, 1.54) is 19.3 Å². The zero-order valence-electron chi connectivity index (χ0n) is 13.9. The van der Waals surface area contributed by atoms with Crippen molar-refractivity contribution in [1.29, 1.82) is 0 Å². The molecule has 2 atom stereocenters. The molecule has 0 heterocycles. The standard InChI is InChI=1S/C18H30O3/c1-5-7-8-15(6-2)12-21-13-17-11-16(14(3)19)9-10-18(17)20-4/h9-11,14-15,19H,5-8,12-13H2,1-4H3. The van der Waals surface area contributed by atoms with E-state index in [-0.39, 0.29) is 0 Å². The highest BCUT2D eigenvalue weighted by Crippen LogP contribution is 2.24. The topological polar surface area (TPSA) is 38.7 Å². The Morgan fingerprint density at radius 3 is 2.57 bits per heavy atom. The molecule has 0 saturated carbocycles. The Bertz CT molecular complexity index is 401. The number of benzene rings is 1. The van der Waals surface area contributed by atoms with Gasteiger partial charge in [0.05, 0.1) is 19.8 Å². The molecule has 0 radical (unpaired) electrons. The van der Waals surface area contributed by atoms with Gasteiger partial charge in [0.25, 0.3) is 0 Å². The molecule has 1 N–H and O–H groups in total. The van der Waals surface area contributed by atoms with E-state index in [1.807, 2.05) is 18.2 Å². The van der Waals surface area contributed by atoms with Gasteiger partial charge in [-0.05, 0) is 37.0 Å². The second kappa shape index (κ2) is 9.80. The Hall–Kier alpha value is -1.06. The predicted molar refractivity (Wildman–Crippen MR) is 86.6 cm³/mol. The number of hydrogen-bond acceptors (Lipinski definition) is 3. The maximum atomic E-state index is 9.68. The molecule has 120 valence electrons. The fourth-order valence-electron chi connectivity index (χ4n) is 2.40. The van der Waals surface area contributed by atoms with Crippen LogP contribution in [0.4, 0.5) is 0 Å². The first-order chi connectivity index (χ1) is 10.1. The van der Waals surface area contributed by atoms with Crippen LogP contribution >= 0.6 is 0 Å². The van der Waals surface area contributed by atoms with Crippen LogP contribution < -0.4 is 4.74 Å². The molecule has 1 rings (SSSR count). The summed E-state index contributed by atoms with van der Waals surface area (Å²) in [4.78, 5) is 0. The summed E-state index contributed by atoms with van der Waals surface area (Å²) in [6.45, 7) is 7.54. The zero-order chi connectivity index (χ0) is 15.7. The van der Waals surface area contributed by atoms with Gasteiger partial charge in [0, 0.05) is 12.2 Å². The SMILES string of the molecule is CCCCC(CC)COCc1cc(C(C)O)ccc1OC. The van der Waals surface area contributed by atoms with Crippen molar-refractivity contribution in [2.75, 3.05) is 13.7 Å². The van der Waals surface area contributed by atoms with Gasteiger partial charge < -0.3 is 14.6 Å². The van der Waals surface area contributed by atoms with E-state index in [1.54, 1.807) is 14.0 Å². The van der Waals surface area contributed by atoms with Gasteiger partial charge in [-0.25, -0.2) is 0 Å². The summed E-state index contributed by atoms with van der Waals surface area (Å²) < 4.78 is 11.3. The van der Waals surface area contributed by atoms with E-state index >= 15 is 0 Å². The van der Waals surface area contributed by atoms with Gasteiger partial charge in [-0.1, -0.05) is 39.2 Å². The number of aliphatic hydroxyl groups is 1. The third kappa shape index (κ3) is 6.06. The predicted octanol–water partition coefficient (Wildman–Crippen LogP) is 4.48. The quantitative estimate of drug-likeness (QED) is 0.691. The van der Waals surface area contributed by atoms with Gasteiger partial charge in [0.2, 0.25) is 0 Å². The number of aliphatic hydroxyl groups excluding tert-OH is 1. The van der Waals surface area contributed by atoms with Crippen molar-refractivity contribution in [3.8, 4) is 5.75 Å². The second-order valence-corrected chi connectivity index (χ2v) is 5.68. The first kappa shape index (κ1) is 18.0. The summed E-state index contributed by atoms with van der Waals surface area (Å²) in [6, 6.07) is 5.76. The van der Waals surface area contributed by atoms with Crippen LogP contribution in [0, 0.1) is 5.92 Å². The Labute approximate surface area is 129 Å². The lowest BCUT2D eigenvalue weighted by Crippen LogP contribution is -2.09. The summed E-state index contributed by atoms with van der Waals surface area (Å²) in [6.07, 6.45) is 4.43. The summed E-state index contributed by atoms with van der Waals surface area (Å²) in [5.74, 6) is 1.46. The third-order valence-corrected chi connectivity index (χ3v) is 3.94. The fourth-order valence-corrected chi connectivity index (χ4v) is 2.40. The molecule has 1 aromatic rings. The Kier molecular flexibility index (Phi) is 8.40. The minimum absolute atomic E-state index is 0.470. The smallest absolute Gasteiger partial charge is 0.124 e. The van der Waals surface area contributed by atoms with Gasteiger partial charge in [0.1, 0.15) is 5.75 Å². The minimum Gasteiger partial charge on any atom is -0.496 e. The normalized spacial score (nSPS) is 14.0. The van der Waals surface area contributed by atoms with Gasteiger partial charge >= 0.3 is 0 Å². The van der Waals surface area contributed by atoms with Crippen molar-refractivity contribution in [2.45, 2.75) is 59.2 Å². The molecule has 0 amide bonds. The third-order valence-electron chi connectivity index (χ3n) is 3.94. The molecular weight excluding hydrogens is 264 g/mol. The van der Waals surface area contributed by atoms with Gasteiger partial charge in [-0.2, -0.15) is 0 Å². The Morgan fingerprint density at radius 2 is 2.00 bits per heavy atom. The summed E-state index contributed by atoms with van der Waals surface area (Å²) in [7, 11) is 1.66. The van der Waals surface area contributed by atoms with Crippen LogP contribution in [0.15, 0.2) is 18.2 Å². The highest BCUT2D eigenvalue weighted by molar-refractivity contribution is 5.37. The van der Waals surface area contributed by atoms with Gasteiger partial charge in [-0.15, -0.1) is 0 Å². The molecule has 0 aliphatic heterocycles. The molecule has 0 spiro atoms. The van der Waals surface area contributed by atoms with E-state index in [0.717, 1.165) is 29.9 Å². The van der Waals surface area contributed by atoms with Crippen LogP contribution in [0.3, 0.4) is 0 Å². The molecule has 0 aromatic heterocycles. The van der Waals surface area contributed by atoms with Crippen molar-refractivity contribution in [3.05, 3.63) is 29.3 Å². The Balaban J connectivity index is 2.58. The first-order valence-corrected chi connectivity index (χ1v) is 8.04. The minimum atomic E-state index is -0.470. The molecular formula is C18H30O3. The maximum absolute atomic E-state index is 9.68. The molecule has 0 saturated heterocycles. The molecule has 0 fully saturated rings. The monoisotopic (exact) mass is 294 g/mol. The zero-order valence-corrected chi connectivity index (χ0v) is 13.9. The lowest BCUT2D eigenvalue weighted by molar-refractivity contribution is 0.0805. The Morgan fingerprint density at radius 1 is 1.24 bits per heavy atom. The van der Waals surface area contributed by atoms with Crippen molar-refractivity contribution < 1.29 is 14.6 Å². The van der Waals surface area contributed by atoms with E-state index in [2.05, 4.69) is 13.8 Å².